The van der Waals surface area contributed by atoms with Crippen LogP contribution in [0.2, 0.25) is 0 Å². The molecule has 2 N–H and O–H groups in total. The number of esters is 1. The number of fused-ring (bicyclic) bond motifs is 1. The van der Waals surface area contributed by atoms with Gasteiger partial charge < -0.3 is 14.9 Å². The summed E-state index contributed by atoms with van der Waals surface area (Å²) in [6.45, 7) is 11.4. The van der Waals surface area contributed by atoms with Crippen LogP contribution in [0, 0.1) is 17.3 Å². The van der Waals surface area contributed by atoms with Crippen LogP contribution in [0.25, 0.3) is 0 Å². The van der Waals surface area contributed by atoms with Crippen molar-refractivity contribution in [2.45, 2.75) is 86.2 Å². The minimum atomic E-state index is -0.779. The van der Waals surface area contributed by atoms with E-state index in [1.165, 1.54) is 18.1 Å². The molecule has 5 nitrogen and oxygen atoms in total. The van der Waals surface area contributed by atoms with E-state index in [0.717, 1.165) is 24.8 Å². The second-order valence-electron chi connectivity index (χ2n) is 9.89. The van der Waals surface area contributed by atoms with E-state index in [9.17, 15) is 19.8 Å². The lowest BCUT2D eigenvalue weighted by Crippen LogP contribution is -2.32. The van der Waals surface area contributed by atoms with E-state index in [1.807, 2.05) is 26.8 Å². The first-order valence-corrected chi connectivity index (χ1v) is 11.7. The zero-order valence-electron chi connectivity index (χ0n) is 20.5. The molecule has 0 aliphatic heterocycles. The quantitative estimate of drug-likeness (QED) is 0.427. The van der Waals surface area contributed by atoms with Gasteiger partial charge in [0.15, 0.2) is 5.76 Å². The highest BCUT2D eigenvalue weighted by Gasteiger charge is 2.51. The third-order valence-corrected chi connectivity index (χ3v) is 7.14. The van der Waals surface area contributed by atoms with Gasteiger partial charge in [-0.3, -0.25) is 9.59 Å². The molecule has 0 spiro atoms. The number of ether oxygens (including phenoxy) is 1. The van der Waals surface area contributed by atoms with Gasteiger partial charge in [-0.25, -0.2) is 0 Å². The van der Waals surface area contributed by atoms with E-state index < -0.39 is 11.5 Å². The fourth-order valence-electron chi connectivity index (χ4n) is 4.77. The molecule has 2 rings (SSSR count). The van der Waals surface area contributed by atoms with Gasteiger partial charge in [0.2, 0.25) is 5.78 Å². The van der Waals surface area contributed by atoms with Gasteiger partial charge in [-0.05, 0) is 70.4 Å². The Kier molecular flexibility index (Phi) is 9.08. The molecular weight excluding hydrogens is 404 g/mol. The largest absolute Gasteiger partial charge is 0.504 e. The van der Waals surface area contributed by atoms with Gasteiger partial charge in [-0.1, -0.05) is 43.2 Å². The fourth-order valence-corrected chi connectivity index (χ4v) is 4.77. The monoisotopic (exact) mass is 444 g/mol. The molecule has 178 valence electrons. The Bertz CT molecular complexity index is 844. The number of aliphatic hydroxyl groups excluding tert-OH is 2. The lowest BCUT2D eigenvalue weighted by Gasteiger charge is -2.32. The lowest BCUT2D eigenvalue weighted by molar-refractivity contribution is -0.141. The Morgan fingerprint density at radius 3 is 2.50 bits per heavy atom. The maximum absolute atomic E-state index is 13.3. The molecule has 2 aliphatic rings. The number of carbonyl (C=O) groups is 2. The fraction of sp³-hybridized carbons (Fsp3) is 0.630. The van der Waals surface area contributed by atoms with Crippen molar-refractivity contribution in [3.8, 4) is 0 Å². The summed E-state index contributed by atoms with van der Waals surface area (Å²) in [6, 6.07) is 0. The molecule has 0 heterocycles. The normalized spacial score (nSPS) is 34.1. The molecule has 0 radical (unpaired) electrons. The Morgan fingerprint density at radius 1 is 1.19 bits per heavy atom. The van der Waals surface area contributed by atoms with E-state index in [-0.39, 0.29) is 36.0 Å². The van der Waals surface area contributed by atoms with Crippen LogP contribution >= 0.6 is 0 Å². The standard InChI is InChI=1S/C27H40O5/c1-17-8-7-9-18(2)14-15-27(6)22(12-11-19(3)23(29)13-10-17)24(25(30)26(27)31)20(4)16-32-21(5)28/h8,11,14,20,22-23,29-30H,7,9-10,12-13,15-16H2,1-6H3/b17-8+,18-14+,19-11+/t20-,22-,23+,27+/m1/s1. The van der Waals surface area contributed by atoms with Gasteiger partial charge in [0.05, 0.1) is 12.7 Å². The maximum Gasteiger partial charge on any atom is 0.302 e. The summed E-state index contributed by atoms with van der Waals surface area (Å²) >= 11 is 0. The van der Waals surface area contributed by atoms with Gasteiger partial charge in [0.1, 0.15) is 0 Å². The molecule has 5 heteroatoms. The van der Waals surface area contributed by atoms with E-state index in [2.05, 4.69) is 26.0 Å². The molecule has 0 aromatic rings. The zero-order valence-corrected chi connectivity index (χ0v) is 20.5. The van der Waals surface area contributed by atoms with Crippen molar-refractivity contribution >= 4 is 11.8 Å². The first kappa shape index (κ1) is 26.1. The first-order valence-electron chi connectivity index (χ1n) is 11.7. The van der Waals surface area contributed by atoms with Crippen LogP contribution in [0.3, 0.4) is 0 Å². The SMILES string of the molecule is CC(=O)OC[C@@H](C)C1=C(O)C(=O)[C@@]2(C)C/C=C(\C)CC/C=C(\C)CC[C@H](O)/C(C)=C/C[C@H]12. The number of aliphatic hydroxyl groups is 2. The molecule has 0 fully saturated rings. The van der Waals surface area contributed by atoms with Gasteiger partial charge in [-0.2, -0.15) is 0 Å². The van der Waals surface area contributed by atoms with Crippen LogP contribution in [-0.4, -0.2) is 34.7 Å². The number of allylic oxidation sites excluding steroid dienone is 6. The second-order valence-corrected chi connectivity index (χ2v) is 9.89. The summed E-state index contributed by atoms with van der Waals surface area (Å²) in [6.07, 6.45) is 10.3. The van der Waals surface area contributed by atoms with Gasteiger partial charge in [0, 0.05) is 24.2 Å². The number of rotatable bonds is 3. The molecule has 0 saturated carbocycles. The van der Waals surface area contributed by atoms with E-state index in [0.29, 0.717) is 24.8 Å². The number of carbonyl (C=O) groups excluding carboxylic acids is 2. The lowest BCUT2D eigenvalue weighted by atomic mass is 9.70. The molecule has 0 saturated heterocycles. The van der Waals surface area contributed by atoms with Crippen molar-refractivity contribution < 1.29 is 24.5 Å². The molecule has 4 atom stereocenters. The molecular formula is C27H40O5. The average molecular weight is 445 g/mol. The summed E-state index contributed by atoms with van der Waals surface area (Å²) in [5.41, 5.74) is 3.27. The highest BCUT2D eigenvalue weighted by molar-refractivity contribution is 6.02. The van der Waals surface area contributed by atoms with Crippen LogP contribution in [-0.2, 0) is 14.3 Å². The van der Waals surface area contributed by atoms with Crippen LogP contribution in [0.1, 0.15) is 80.1 Å². The predicted molar refractivity (Wildman–Crippen MR) is 127 cm³/mol. The van der Waals surface area contributed by atoms with Crippen LogP contribution in [0.15, 0.2) is 46.3 Å². The van der Waals surface area contributed by atoms with E-state index in [1.54, 1.807) is 0 Å². The van der Waals surface area contributed by atoms with Crippen LogP contribution < -0.4 is 0 Å². The minimum Gasteiger partial charge on any atom is -0.504 e. The number of hydrogen-bond acceptors (Lipinski definition) is 5. The predicted octanol–water partition coefficient (Wildman–Crippen LogP) is 5.76. The third-order valence-electron chi connectivity index (χ3n) is 7.14. The highest BCUT2D eigenvalue weighted by atomic mass is 16.5. The summed E-state index contributed by atoms with van der Waals surface area (Å²) in [5.74, 6) is -1.31. The molecule has 0 bridgehead atoms. The second kappa shape index (κ2) is 11.1. The van der Waals surface area contributed by atoms with Crippen molar-refractivity contribution in [2.24, 2.45) is 17.3 Å². The minimum absolute atomic E-state index is 0.125. The molecule has 0 aromatic heterocycles. The summed E-state index contributed by atoms with van der Waals surface area (Å²) in [4.78, 5) is 24.6. The maximum atomic E-state index is 13.3. The third kappa shape index (κ3) is 6.22. The van der Waals surface area contributed by atoms with Crippen molar-refractivity contribution in [3.63, 3.8) is 0 Å². The van der Waals surface area contributed by atoms with Crippen molar-refractivity contribution in [1.29, 1.82) is 0 Å². The summed E-state index contributed by atoms with van der Waals surface area (Å²) < 4.78 is 5.19. The number of ketones is 1. The Morgan fingerprint density at radius 2 is 1.84 bits per heavy atom. The van der Waals surface area contributed by atoms with Crippen molar-refractivity contribution in [2.75, 3.05) is 6.61 Å². The van der Waals surface area contributed by atoms with E-state index in [4.69, 9.17) is 4.74 Å². The summed E-state index contributed by atoms with van der Waals surface area (Å²) in [7, 11) is 0. The number of Topliss-reactive ketones (excluding diaryl/α,β-unsaturated/α-hetero) is 1. The number of hydrogen-bond donors (Lipinski definition) is 2. The van der Waals surface area contributed by atoms with Crippen LogP contribution in [0.5, 0.6) is 0 Å². The first-order chi connectivity index (χ1) is 15.0. The zero-order chi connectivity index (χ0) is 24.1. The van der Waals surface area contributed by atoms with Gasteiger partial charge in [-0.15, -0.1) is 0 Å². The molecule has 0 aromatic carbocycles. The Labute approximate surface area is 192 Å². The van der Waals surface area contributed by atoms with Crippen molar-refractivity contribution in [1.82, 2.24) is 0 Å². The van der Waals surface area contributed by atoms with Crippen molar-refractivity contribution in [3.05, 3.63) is 46.3 Å². The van der Waals surface area contributed by atoms with E-state index >= 15 is 0 Å². The average Bonchev–Trinajstić information content (AvgIpc) is 2.92. The Balaban J connectivity index is 2.45. The molecule has 2 aliphatic carbocycles. The van der Waals surface area contributed by atoms with Crippen LogP contribution in [0.4, 0.5) is 0 Å². The topological polar surface area (TPSA) is 83.8 Å². The Hall–Kier alpha value is -2.14. The molecule has 0 amide bonds. The van der Waals surface area contributed by atoms with Gasteiger partial charge in [0.25, 0.3) is 0 Å². The highest BCUT2D eigenvalue weighted by Crippen LogP contribution is 2.50. The molecule has 0 unspecified atom stereocenters. The summed E-state index contributed by atoms with van der Waals surface area (Å²) in [5, 5.41) is 21.5. The van der Waals surface area contributed by atoms with Gasteiger partial charge >= 0.3 is 5.97 Å². The smallest absolute Gasteiger partial charge is 0.302 e. The molecule has 32 heavy (non-hydrogen) atoms.